The quantitative estimate of drug-likeness (QED) is 0.532. The summed E-state index contributed by atoms with van der Waals surface area (Å²) in [6.45, 7) is 1.41. The topological polar surface area (TPSA) is 32.3 Å². The molecule has 3 nitrogen and oxygen atoms in total. The van der Waals surface area contributed by atoms with Gasteiger partial charge in [-0.1, -0.05) is 55.2 Å². The van der Waals surface area contributed by atoms with Crippen molar-refractivity contribution in [3.8, 4) is 0 Å². The number of nitrogens with zero attached hydrogens (tertiary/aromatic N) is 1. The lowest BCUT2D eigenvalue weighted by Crippen LogP contribution is -2.36. The molecule has 0 heterocycles. The van der Waals surface area contributed by atoms with Gasteiger partial charge in [-0.25, -0.2) is 0 Å². The normalized spacial score (nSPS) is 15.1. The van der Waals surface area contributed by atoms with Crippen molar-refractivity contribution in [3.05, 3.63) is 34.9 Å². The second kappa shape index (κ2) is 10.3. The molecule has 0 spiro atoms. The molecule has 0 saturated heterocycles. The second-order valence-corrected chi connectivity index (χ2v) is 7.89. The number of amides is 1. The van der Waals surface area contributed by atoms with Gasteiger partial charge in [-0.15, -0.1) is 12.6 Å². The van der Waals surface area contributed by atoms with Crippen LogP contribution in [0.3, 0.4) is 0 Å². The Bertz CT molecular complexity index is 544. The Hall–Kier alpha value is -0.780. The van der Waals surface area contributed by atoms with Gasteiger partial charge in [0.25, 0.3) is 0 Å². The van der Waals surface area contributed by atoms with Crippen LogP contribution in [-0.2, 0) is 11.3 Å². The fraction of sp³-hybridized carbons (Fsp3) is 0.556. The molecule has 6 heteroatoms. The zero-order chi connectivity index (χ0) is 17.4. The summed E-state index contributed by atoms with van der Waals surface area (Å²) in [6, 6.07) is 8.08. The number of halogens is 1. The van der Waals surface area contributed by atoms with Crippen LogP contribution in [0.1, 0.15) is 50.5 Å². The summed E-state index contributed by atoms with van der Waals surface area (Å²) < 4.78 is 0.553. The van der Waals surface area contributed by atoms with E-state index in [1.54, 1.807) is 0 Å². The Morgan fingerprint density at radius 2 is 1.92 bits per heavy atom. The SMILES string of the molecule is O=C(CCCN(Cc1ccc(Cl)cc1)C(=S)S)NC1CCCCC1. The molecule has 1 aliphatic carbocycles. The predicted molar refractivity (Wildman–Crippen MR) is 108 cm³/mol. The lowest BCUT2D eigenvalue weighted by atomic mass is 9.95. The number of hydrogen-bond acceptors (Lipinski definition) is 2. The van der Waals surface area contributed by atoms with E-state index >= 15 is 0 Å². The van der Waals surface area contributed by atoms with E-state index in [0.717, 1.165) is 36.4 Å². The van der Waals surface area contributed by atoms with Gasteiger partial charge in [-0.2, -0.15) is 0 Å². The van der Waals surface area contributed by atoms with E-state index in [-0.39, 0.29) is 5.91 Å². The van der Waals surface area contributed by atoms with Crippen LogP contribution in [-0.4, -0.2) is 27.7 Å². The number of rotatable bonds is 7. The van der Waals surface area contributed by atoms with Gasteiger partial charge < -0.3 is 10.2 Å². The van der Waals surface area contributed by atoms with Crippen LogP contribution in [0.4, 0.5) is 0 Å². The lowest BCUT2D eigenvalue weighted by Gasteiger charge is -2.24. The van der Waals surface area contributed by atoms with Gasteiger partial charge in [0, 0.05) is 30.6 Å². The molecule has 0 atom stereocenters. The predicted octanol–water partition coefficient (Wildman–Crippen LogP) is 4.59. The van der Waals surface area contributed by atoms with Crippen LogP contribution in [0.5, 0.6) is 0 Å². The first-order valence-corrected chi connectivity index (χ1v) is 9.79. The molecule has 1 amide bonds. The summed E-state index contributed by atoms with van der Waals surface area (Å²) in [7, 11) is 0. The van der Waals surface area contributed by atoms with Gasteiger partial charge in [0.1, 0.15) is 4.32 Å². The maximum absolute atomic E-state index is 12.1. The Morgan fingerprint density at radius 1 is 1.25 bits per heavy atom. The van der Waals surface area contributed by atoms with E-state index < -0.39 is 0 Å². The molecule has 1 aliphatic rings. The smallest absolute Gasteiger partial charge is 0.220 e. The maximum Gasteiger partial charge on any atom is 0.220 e. The highest BCUT2D eigenvalue weighted by Crippen LogP contribution is 2.17. The zero-order valence-electron chi connectivity index (χ0n) is 13.8. The monoisotopic (exact) mass is 384 g/mol. The molecule has 1 fully saturated rings. The Labute approximate surface area is 160 Å². The van der Waals surface area contributed by atoms with Gasteiger partial charge >= 0.3 is 0 Å². The standard InChI is InChI=1S/C18H25ClN2OS2/c19-15-10-8-14(9-11-15)13-21(18(23)24)12-4-7-17(22)20-16-5-2-1-3-6-16/h8-11,16H,1-7,12-13H2,(H,20,22)(H,23,24). The third-order valence-corrected chi connectivity index (χ3v) is 5.15. The summed E-state index contributed by atoms with van der Waals surface area (Å²) in [6.07, 6.45) is 7.30. The van der Waals surface area contributed by atoms with Crippen LogP contribution in [0.25, 0.3) is 0 Å². The second-order valence-electron chi connectivity index (χ2n) is 6.34. The first-order chi connectivity index (χ1) is 11.5. The number of hydrogen-bond donors (Lipinski definition) is 2. The molecule has 24 heavy (non-hydrogen) atoms. The van der Waals surface area contributed by atoms with Gasteiger partial charge in [0.15, 0.2) is 0 Å². The Kier molecular flexibility index (Phi) is 8.36. The molecular weight excluding hydrogens is 360 g/mol. The third-order valence-electron chi connectivity index (χ3n) is 4.36. The molecule has 0 bridgehead atoms. The zero-order valence-corrected chi connectivity index (χ0v) is 16.3. The maximum atomic E-state index is 12.1. The summed E-state index contributed by atoms with van der Waals surface area (Å²) in [5.41, 5.74) is 1.13. The van der Waals surface area contributed by atoms with Crippen molar-refractivity contribution < 1.29 is 4.79 Å². The minimum Gasteiger partial charge on any atom is -0.353 e. The largest absolute Gasteiger partial charge is 0.353 e. The summed E-state index contributed by atoms with van der Waals surface area (Å²) in [5, 5.41) is 3.87. The van der Waals surface area contributed by atoms with Crippen LogP contribution in [0.15, 0.2) is 24.3 Å². The number of carbonyl (C=O) groups excluding carboxylic acids is 1. The average molecular weight is 385 g/mol. The fourth-order valence-corrected chi connectivity index (χ4v) is 3.48. The summed E-state index contributed by atoms with van der Waals surface area (Å²) in [4.78, 5) is 14.1. The number of benzene rings is 1. The van der Waals surface area contributed by atoms with E-state index in [9.17, 15) is 4.79 Å². The van der Waals surface area contributed by atoms with Gasteiger partial charge in [0.05, 0.1) is 0 Å². The molecular formula is C18H25ClN2OS2. The summed E-state index contributed by atoms with van der Waals surface area (Å²) >= 11 is 15.4. The van der Waals surface area contributed by atoms with E-state index in [1.165, 1.54) is 19.3 Å². The number of carbonyl (C=O) groups is 1. The first kappa shape index (κ1) is 19.5. The van der Waals surface area contributed by atoms with E-state index in [4.69, 9.17) is 23.8 Å². The number of thiocarbonyl (C=S) groups is 1. The number of nitrogens with one attached hydrogen (secondary N) is 1. The lowest BCUT2D eigenvalue weighted by molar-refractivity contribution is -0.122. The molecule has 0 aliphatic heterocycles. The summed E-state index contributed by atoms with van der Waals surface area (Å²) in [5.74, 6) is 0.151. The van der Waals surface area contributed by atoms with Crippen molar-refractivity contribution in [2.75, 3.05) is 6.54 Å². The molecule has 1 aromatic carbocycles. The fourth-order valence-electron chi connectivity index (χ4n) is 3.03. The van der Waals surface area contributed by atoms with Crippen molar-refractivity contribution in [2.45, 2.75) is 57.5 Å². The highest BCUT2D eigenvalue weighted by Gasteiger charge is 2.16. The van der Waals surface area contributed by atoms with Gasteiger partial charge in [0.2, 0.25) is 5.91 Å². The molecule has 1 saturated carbocycles. The molecule has 0 unspecified atom stereocenters. The molecule has 2 rings (SSSR count). The highest BCUT2D eigenvalue weighted by molar-refractivity contribution is 8.10. The van der Waals surface area contributed by atoms with Crippen LogP contribution >= 0.6 is 36.4 Å². The van der Waals surface area contributed by atoms with E-state index in [1.807, 2.05) is 29.2 Å². The molecule has 1 N–H and O–H groups in total. The van der Waals surface area contributed by atoms with E-state index in [2.05, 4.69) is 17.9 Å². The van der Waals surface area contributed by atoms with Crippen molar-refractivity contribution >= 4 is 46.7 Å². The highest BCUT2D eigenvalue weighted by atomic mass is 35.5. The molecule has 0 radical (unpaired) electrons. The molecule has 1 aromatic rings. The molecule has 0 aromatic heterocycles. The molecule has 132 valence electrons. The van der Waals surface area contributed by atoms with Crippen molar-refractivity contribution in [3.63, 3.8) is 0 Å². The minimum atomic E-state index is 0.151. The van der Waals surface area contributed by atoms with Crippen LogP contribution in [0, 0.1) is 0 Å². The van der Waals surface area contributed by atoms with Crippen LogP contribution < -0.4 is 5.32 Å². The van der Waals surface area contributed by atoms with Gasteiger partial charge in [-0.05, 0) is 37.0 Å². The number of thiol groups is 1. The average Bonchev–Trinajstić information content (AvgIpc) is 2.56. The third kappa shape index (κ3) is 6.99. The van der Waals surface area contributed by atoms with Gasteiger partial charge in [-0.3, -0.25) is 4.79 Å². The van der Waals surface area contributed by atoms with Crippen molar-refractivity contribution in [1.29, 1.82) is 0 Å². The van der Waals surface area contributed by atoms with Crippen molar-refractivity contribution in [1.82, 2.24) is 10.2 Å². The Balaban J connectivity index is 1.73. The van der Waals surface area contributed by atoms with E-state index in [0.29, 0.717) is 23.3 Å². The minimum absolute atomic E-state index is 0.151. The van der Waals surface area contributed by atoms with Crippen molar-refractivity contribution in [2.24, 2.45) is 0 Å². The Morgan fingerprint density at radius 3 is 2.54 bits per heavy atom. The first-order valence-electron chi connectivity index (χ1n) is 8.56. The van der Waals surface area contributed by atoms with Crippen LogP contribution in [0.2, 0.25) is 5.02 Å².